The zero-order valence-corrected chi connectivity index (χ0v) is 12.0. The van der Waals surface area contributed by atoms with Crippen LogP contribution >= 0.6 is 27.9 Å². The molecule has 1 nitrogen and oxygen atoms in total. The molecule has 1 aromatic rings. The molecule has 0 amide bonds. The van der Waals surface area contributed by atoms with Crippen LogP contribution in [-0.2, 0) is 6.18 Å². The maximum absolute atomic E-state index is 12.8. The molecule has 0 unspecified atom stereocenters. The Labute approximate surface area is 117 Å². The SMILES string of the molecule is FC(F)(F)c1cccc(SN2CCCCC2)c1Br. The fourth-order valence-corrected chi connectivity index (χ4v) is 3.65. The van der Waals surface area contributed by atoms with E-state index >= 15 is 0 Å². The lowest BCUT2D eigenvalue weighted by molar-refractivity contribution is -0.138. The van der Waals surface area contributed by atoms with Gasteiger partial charge < -0.3 is 0 Å². The van der Waals surface area contributed by atoms with Crippen LogP contribution in [0.3, 0.4) is 0 Å². The van der Waals surface area contributed by atoms with Gasteiger partial charge in [-0.3, -0.25) is 0 Å². The minimum atomic E-state index is -4.31. The topological polar surface area (TPSA) is 3.24 Å². The van der Waals surface area contributed by atoms with Crippen LogP contribution in [0.4, 0.5) is 13.2 Å². The summed E-state index contributed by atoms with van der Waals surface area (Å²) in [6, 6.07) is 4.28. The molecule has 6 heteroatoms. The average molecular weight is 340 g/mol. The van der Waals surface area contributed by atoms with Gasteiger partial charge >= 0.3 is 6.18 Å². The number of hydrogen-bond acceptors (Lipinski definition) is 2. The van der Waals surface area contributed by atoms with Crippen molar-refractivity contribution in [2.24, 2.45) is 0 Å². The molecule has 1 fully saturated rings. The van der Waals surface area contributed by atoms with Gasteiger partial charge in [-0.1, -0.05) is 12.5 Å². The molecule has 100 valence electrons. The number of hydrogen-bond donors (Lipinski definition) is 0. The molecule has 1 saturated heterocycles. The van der Waals surface area contributed by atoms with Crippen molar-refractivity contribution in [2.75, 3.05) is 13.1 Å². The van der Waals surface area contributed by atoms with Crippen molar-refractivity contribution < 1.29 is 13.2 Å². The summed E-state index contributed by atoms with van der Waals surface area (Å²) >= 11 is 4.48. The number of halogens is 4. The summed E-state index contributed by atoms with van der Waals surface area (Å²) in [4.78, 5) is 0.631. The van der Waals surface area contributed by atoms with Crippen LogP contribution in [0.15, 0.2) is 27.6 Å². The van der Waals surface area contributed by atoms with E-state index in [-0.39, 0.29) is 4.47 Å². The van der Waals surface area contributed by atoms with E-state index < -0.39 is 11.7 Å². The molecule has 0 saturated carbocycles. The molecule has 0 spiro atoms. The van der Waals surface area contributed by atoms with Crippen LogP contribution in [-0.4, -0.2) is 17.4 Å². The van der Waals surface area contributed by atoms with Crippen molar-refractivity contribution in [2.45, 2.75) is 30.3 Å². The molecular formula is C12H13BrF3NS. The first-order valence-electron chi connectivity index (χ1n) is 5.77. The highest BCUT2D eigenvalue weighted by atomic mass is 79.9. The van der Waals surface area contributed by atoms with E-state index in [0.717, 1.165) is 32.0 Å². The van der Waals surface area contributed by atoms with Crippen molar-refractivity contribution in [1.82, 2.24) is 4.31 Å². The summed E-state index contributed by atoms with van der Waals surface area (Å²) in [5.41, 5.74) is -0.607. The summed E-state index contributed by atoms with van der Waals surface area (Å²) in [5.74, 6) is 0. The molecule has 0 atom stereocenters. The maximum atomic E-state index is 12.8. The van der Waals surface area contributed by atoms with Crippen molar-refractivity contribution in [3.63, 3.8) is 0 Å². The Morgan fingerprint density at radius 1 is 1.11 bits per heavy atom. The summed E-state index contributed by atoms with van der Waals surface area (Å²) < 4.78 is 40.5. The Morgan fingerprint density at radius 3 is 2.39 bits per heavy atom. The average Bonchev–Trinajstić information content (AvgIpc) is 2.32. The molecule has 2 rings (SSSR count). The van der Waals surface area contributed by atoms with Gasteiger partial charge in [-0.15, -0.1) is 0 Å². The minimum absolute atomic E-state index is 0.146. The molecule has 0 N–H and O–H groups in total. The van der Waals surface area contributed by atoms with Gasteiger partial charge in [-0.25, -0.2) is 4.31 Å². The number of alkyl halides is 3. The predicted molar refractivity (Wildman–Crippen MR) is 70.4 cm³/mol. The van der Waals surface area contributed by atoms with E-state index in [1.807, 2.05) is 0 Å². The molecule has 18 heavy (non-hydrogen) atoms. The molecule has 0 radical (unpaired) electrons. The molecule has 0 bridgehead atoms. The molecule has 0 aliphatic carbocycles. The van der Waals surface area contributed by atoms with Crippen molar-refractivity contribution >= 4 is 27.9 Å². The summed E-state index contributed by atoms with van der Waals surface area (Å²) in [7, 11) is 0. The van der Waals surface area contributed by atoms with E-state index in [4.69, 9.17) is 0 Å². The third-order valence-corrected chi connectivity index (χ3v) is 5.09. The Balaban J connectivity index is 2.18. The molecule has 1 aliphatic rings. The normalized spacial score (nSPS) is 18.0. The second-order valence-corrected chi connectivity index (χ2v) is 6.13. The highest BCUT2D eigenvalue weighted by molar-refractivity contribution is 9.10. The number of benzene rings is 1. The Bertz CT molecular complexity index is 416. The predicted octanol–water partition coefficient (Wildman–Crippen LogP) is 4.96. The third kappa shape index (κ3) is 3.42. The second kappa shape index (κ2) is 5.84. The summed E-state index contributed by atoms with van der Waals surface area (Å²) in [6.45, 7) is 1.88. The lowest BCUT2D eigenvalue weighted by Gasteiger charge is -2.25. The summed E-state index contributed by atoms with van der Waals surface area (Å²) in [6.07, 6.45) is -0.870. The van der Waals surface area contributed by atoms with Gasteiger partial charge in [0.1, 0.15) is 0 Å². The Hall–Kier alpha value is -0.200. The third-order valence-electron chi connectivity index (χ3n) is 2.81. The van der Waals surface area contributed by atoms with Gasteiger partial charge in [-0.2, -0.15) is 13.2 Å². The lowest BCUT2D eigenvalue weighted by Crippen LogP contribution is -2.23. The highest BCUT2D eigenvalue weighted by Crippen LogP contribution is 2.40. The molecule has 1 heterocycles. The van der Waals surface area contributed by atoms with Gasteiger partial charge in [0.2, 0.25) is 0 Å². The zero-order valence-electron chi connectivity index (χ0n) is 9.63. The Morgan fingerprint density at radius 2 is 1.78 bits per heavy atom. The fraction of sp³-hybridized carbons (Fsp3) is 0.500. The van der Waals surface area contributed by atoms with Crippen LogP contribution in [0.25, 0.3) is 0 Å². The zero-order chi connectivity index (χ0) is 13.2. The van der Waals surface area contributed by atoms with Gasteiger partial charge in [0.15, 0.2) is 0 Å². The van der Waals surface area contributed by atoms with Crippen molar-refractivity contribution in [1.29, 1.82) is 0 Å². The van der Waals surface area contributed by atoms with Crippen LogP contribution < -0.4 is 0 Å². The maximum Gasteiger partial charge on any atom is 0.417 e. The Kier molecular flexibility index (Phi) is 4.61. The summed E-state index contributed by atoms with van der Waals surface area (Å²) in [5, 5.41) is 0. The van der Waals surface area contributed by atoms with Gasteiger partial charge in [-0.05, 0) is 52.9 Å². The monoisotopic (exact) mass is 339 g/mol. The van der Waals surface area contributed by atoms with E-state index in [1.165, 1.54) is 24.4 Å². The van der Waals surface area contributed by atoms with E-state index in [1.54, 1.807) is 6.07 Å². The fourth-order valence-electron chi connectivity index (χ4n) is 1.90. The largest absolute Gasteiger partial charge is 0.417 e. The quantitative estimate of drug-likeness (QED) is 0.700. The first kappa shape index (κ1) is 14.2. The van der Waals surface area contributed by atoms with Crippen molar-refractivity contribution in [3.8, 4) is 0 Å². The minimum Gasteiger partial charge on any atom is -0.246 e. The second-order valence-electron chi connectivity index (χ2n) is 4.20. The van der Waals surface area contributed by atoms with Gasteiger partial charge in [0.25, 0.3) is 0 Å². The van der Waals surface area contributed by atoms with Crippen LogP contribution in [0.1, 0.15) is 24.8 Å². The lowest BCUT2D eigenvalue weighted by atomic mass is 10.2. The van der Waals surface area contributed by atoms with E-state index in [2.05, 4.69) is 20.2 Å². The number of piperidine rings is 1. The smallest absolute Gasteiger partial charge is 0.246 e. The standard InChI is InChI=1S/C12H13BrF3NS/c13-11-9(12(14,15)16)5-4-6-10(11)18-17-7-2-1-3-8-17/h4-6H,1-3,7-8H2. The molecule has 1 aromatic carbocycles. The molecule has 0 aromatic heterocycles. The molecular weight excluding hydrogens is 327 g/mol. The van der Waals surface area contributed by atoms with Crippen LogP contribution in [0.5, 0.6) is 0 Å². The van der Waals surface area contributed by atoms with Gasteiger partial charge in [0, 0.05) is 22.5 Å². The van der Waals surface area contributed by atoms with Crippen LogP contribution in [0.2, 0.25) is 0 Å². The number of rotatable bonds is 2. The highest BCUT2D eigenvalue weighted by Gasteiger charge is 2.33. The van der Waals surface area contributed by atoms with Crippen LogP contribution in [0, 0.1) is 0 Å². The first-order valence-corrected chi connectivity index (χ1v) is 7.34. The first-order chi connectivity index (χ1) is 8.48. The van der Waals surface area contributed by atoms with Gasteiger partial charge in [0.05, 0.1) is 5.56 Å². The van der Waals surface area contributed by atoms with E-state index in [9.17, 15) is 13.2 Å². The van der Waals surface area contributed by atoms with E-state index in [0.29, 0.717) is 4.90 Å². The number of nitrogens with zero attached hydrogens (tertiary/aromatic N) is 1. The van der Waals surface area contributed by atoms with Crippen molar-refractivity contribution in [3.05, 3.63) is 28.2 Å². The molecule has 1 aliphatic heterocycles.